The Kier molecular flexibility index (Phi) is 7.37. The van der Waals surface area contributed by atoms with E-state index in [0.717, 1.165) is 17.7 Å². The number of carbonyl (C=O) groups excluding carboxylic acids is 2. The number of hydrogen-bond donors (Lipinski definition) is 0. The summed E-state index contributed by atoms with van der Waals surface area (Å²) in [5, 5.41) is 0. The number of hydrogen-bond acceptors (Lipinski definition) is 7. The Labute approximate surface area is 198 Å². The standard InChI is InChI=1S/C26H27N3O5/c1-3-33-26(31)19-8-7-15-29(17-19)25(30)22-16-27-23(18-11-13-20(32-2)14-12-18)28-24(22)34-21-9-5-4-6-10-21/h4-6,9-14,16,19H,3,7-8,15,17H2,1-2H3. The highest BCUT2D eigenvalue weighted by atomic mass is 16.5. The molecule has 8 heteroatoms. The van der Waals surface area contributed by atoms with Gasteiger partial charge in [-0.3, -0.25) is 9.59 Å². The van der Waals surface area contributed by atoms with Crippen molar-refractivity contribution in [1.29, 1.82) is 0 Å². The first-order valence-corrected chi connectivity index (χ1v) is 11.3. The molecule has 0 saturated carbocycles. The van der Waals surface area contributed by atoms with Gasteiger partial charge in [-0.05, 0) is 56.2 Å². The molecule has 4 rings (SSSR count). The third kappa shape index (κ3) is 5.33. The van der Waals surface area contributed by atoms with Gasteiger partial charge < -0.3 is 19.1 Å². The molecule has 8 nitrogen and oxygen atoms in total. The van der Waals surface area contributed by atoms with Crippen LogP contribution in [0.2, 0.25) is 0 Å². The number of aromatic nitrogens is 2. The summed E-state index contributed by atoms with van der Waals surface area (Å²) < 4.78 is 16.4. The lowest BCUT2D eigenvalue weighted by Crippen LogP contribution is -2.43. The van der Waals surface area contributed by atoms with Gasteiger partial charge in [0.1, 0.15) is 17.1 Å². The van der Waals surface area contributed by atoms with E-state index < -0.39 is 0 Å². The minimum atomic E-state index is -0.337. The Balaban J connectivity index is 1.64. The first-order chi connectivity index (χ1) is 16.6. The van der Waals surface area contributed by atoms with Crippen LogP contribution in [-0.4, -0.2) is 53.6 Å². The summed E-state index contributed by atoms with van der Waals surface area (Å²) in [6.07, 6.45) is 2.90. The topological polar surface area (TPSA) is 90.9 Å². The van der Waals surface area contributed by atoms with Crippen LogP contribution < -0.4 is 9.47 Å². The molecule has 1 unspecified atom stereocenters. The summed E-state index contributed by atoms with van der Waals surface area (Å²) in [6, 6.07) is 16.5. The number of para-hydroxylation sites is 1. The van der Waals surface area contributed by atoms with Crippen molar-refractivity contribution in [2.45, 2.75) is 19.8 Å². The van der Waals surface area contributed by atoms with E-state index in [2.05, 4.69) is 9.97 Å². The van der Waals surface area contributed by atoms with E-state index in [1.807, 2.05) is 42.5 Å². The zero-order chi connectivity index (χ0) is 23.9. The molecular formula is C26H27N3O5. The zero-order valence-corrected chi connectivity index (χ0v) is 19.3. The van der Waals surface area contributed by atoms with Gasteiger partial charge in [0.2, 0.25) is 5.88 Å². The van der Waals surface area contributed by atoms with Gasteiger partial charge >= 0.3 is 5.97 Å². The van der Waals surface area contributed by atoms with Crippen molar-refractivity contribution in [1.82, 2.24) is 14.9 Å². The van der Waals surface area contributed by atoms with Crippen LogP contribution in [0.1, 0.15) is 30.1 Å². The number of benzene rings is 2. The van der Waals surface area contributed by atoms with Gasteiger partial charge in [0.25, 0.3) is 5.91 Å². The lowest BCUT2D eigenvalue weighted by molar-refractivity contribution is -0.149. The molecule has 0 spiro atoms. The fraction of sp³-hybridized carbons (Fsp3) is 0.308. The van der Waals surface area contributed by atoms with E-state index in [-0.39, 0.29) is 29.2 Å². The minimum Gasteiger partial charge on any atom is -0.497 e. The molecule has 0 aliphatic carbocycles. The molecule has 1 aliphatic heterocycles. The van der Waals surface area contributed by atoms with Gasteiger partial charge in [-0.1, -0.05) is 18.2 Å². The Morgan fingerprint density at radius 2 is 1.82 bits per heavy atom. The summed E-state index contributed by atoms with van der Waals surface area (Å²) in [7, 11) is 1.60. The molecule has 2 heterocycles. The number of rotatable bonds is 7. The number of methoxy groups -OCH3 is 1. The SMILES string of the molecule is CCOC(=O)C1CCCN(C(=O)c2cnc(-c3ccc(OC)cc3)nc2Oc2ccccc2)C1. The van der Waals surface area contributed by atoms with E-state index in [9.17, 15) is 9.59 Å². The van der Waals surface area contributed by atoms with Crippen LogP contribution in [0.15, 0.2) is 60.8 Å². The van der Waals surface area contributed by atoms with Crippen molar-refractivity contribution >= 4 is 11.9 Å². The lowest BCUT2D eigenvalue weighted by Gasteiger charge is -2.31. The minimum absolute atomic E-state index is 0.162. The van der Waals surface area contributed by atoms with Crippen molar-refractivity contribution < 1.29 is 23.8 Å². The molecule has 3 aromatic rings. The zero-order valence-electron chi connectivity index (χ0n) is 19.3. The first-order valence-electron chi connectivity index (χ1n) is 11.3. The van der Waals surface area contributed by atoms with Crippen LogP contribution in [0, 0.1) is 5.92 Å². The number of piperidine rings is 1. The summed E-state index contributed by atoms with van der Waals surface area (Å²) in [4.78, 5) is 36.4. The van der Waals surface area contributed by atoms with Gasteiger partial charge in [-0.2, -0.15) is 4.98 Å². The Morgan fingerprint density at radius 3 is 2.53 bits per heavy atom. The van der Waals surface area contributed by atoms with Gasteiger partial charge in [-0.15, -0.1) is 0 Å². The third-order valence-electron chi connectivity index (χ3n) is 5.62. The Hall–Kier alpha value is -3.94. The van der Waals surface area contributed by atoms with E-state index in [4.69, 9.17) is 14.2 Å². The number of amides is 1. The maximum atomic E-state index is 13.5. The number of carbonyl (C=O) groups is 2. The monoisotopic (exact) mass is 461 g/mol. The van der Waals surface area contributed by atoms with Gasteiger partial charge in [0.15, 0.2) is 5.82 Å². The smallest absolute Gasteiger partial charge is 0.310 e. The van der Waals surface area contributed by atoms with Crippen molar-refractivity contribution in [3.63, 3.8) is 0 Å². The maximum Gasteiger partial charge on any atom is 0.310 e. The number of likely N-dealkylation sites (tertiary alicyclic amines) is 1. The van der Waals surface area contributed by atoms with Crippen LogP contribution in [0.4, 0.5) is 0 Å². The molecule has 0 bridgehead atoms. The predicted molar refractivity (Wildman–Crippen MR) is 126 cm³/mol. The summed E-state index contributed by atoms with van der Waals surface area (Å²) in [5.74, 6) is 0.976. The van der Waals surface area contributed by atoms with Crippen LogP contribution >= 0.6 is 0 Å². The molecule has 0 N–H and O–H groups in total. The van der Waals surface area contributed by atoms with Gasteiger partial charge in [0.05, 0.1) is 19.6 Å². The maximum absolute atomic E-state index is 13.5. The van der Waals surface area contributed by atoms with Crippen molar-refractivity contribution in [2.24, 2.45) is 5.92 Å². The van der Waals surface area contributed by atoms with Crippen molar-refractivity contribution in [2.75, 3.05) is 26.8 Å². The highest BCUT2D eigenvalue weighted by Gasteiger charge is 2.31. The second-order valence-electron chi connectivity index (χ2n) is 7.90. The predicted octanol–water partition coefficient (Wildman–Crippen LogP) is 4.36. The fourth-order valence-corrected chi connectivity index (χ4v) is 3.85. The van der Waals surface area contributed by atoms with E-state index in [1.54, 1.807) is 31.1 Å². The van der Waals surface area contributed by atoms with Gasteiger partial charge in [0, 0.05) is 24.8 Å². The molecular weight excluding hydrogens is 434 g/mol. The molecule has 1 saturated heterocycles. The summed E-state index contributed by atoms with van der Waals surface area (Å²) in [5.41, 5.74) is 1.00. The third-order valence-corrected chi connectivity index (χ3v) is 5.62. The van der Waals surface area contributed by atoms with Crippen LogP contribution in [-0.2, 0) is 9.53 Å². The average Bonchev–Trinajstić information content (AvgIpc) is 2.89. The number of nitrogens with zero attached hydrogens (tertiary/aromatic N) is 3. The quantitative estimate of drug-likeness (QED) is 0.483. The van der Waals surface area contributed by atoms with Gasteiger partial charge in [-0.25, -0.2) is 4.98 Å². The number of esters is 1. The molecule has 1 fully saturated rings. The van der Waals surface area contributed by atoms with E-state index in [0.29, 0.717) is 37.7 Å². The Bertz CT molecular complexity index is 1130. The van der Waals surface area contributed by atoms with Crippen LogP contribution in [0.25, 0.3) is 11.4 Å². The van der Waals surface area contributed by atoms with Crippen molar-refractivity contribution in [3.05, 3.63) is 66.4 Å². The van der Waals surface area contributed by atoms with Crippen LogP contribution in [0.3, 0.4) is 0 Å². The normalized spacial score (nSPS) is 15.5. The second-order valence-corrected chi connectivity index (χ2v) is 7.90. The summed E-state index contributed by atoms with van der Waals surface area (Å²) >= 11 is 0. The molecule has 1 aliphatic rings. The lowest BCUT2D eigenvalue weighted by atomic mass is 9.97. The molecule has 34 heavy (non-hydrogen) atoms. The Morgan fingerprint density at radius 1 is 1.06 bits per heavy atom. The average molecular weight is 462 g/mol. The second kappa shape index (κ2) is 10.8. The fourth-order valence-electron chi connectivity index (χ4n) is 3.85. The first kappa shape index (κ1) is 23.2. The molecule has 2 aromatic carbocycles. The molecule has 1 amide bonds. The number of ether oxygens (including phenoxy) is 3. The van der Waals surface area contributed by atoms with E-state index in [1.165, 1.54) is 6.20 Å². The summed E-state index contributed by atoms with van der Waals surface area (Å²) in [6.45, 7) is 2.93. The molecule has 1 atom stereocenters. The molecule has 176 valence electrons. The van der Waals surface area contributed by atoms with Crippen LogP contribution in [0.5, 0.6) is 17.4 Å². The molecule has 1 aromatic heterocycles. The highest BCUT2D eigenvalue weighted by molar-refractivity contribution is 5.96. The molecule has 0 radical (unpaired) electrons. The van der Waals surface area contributed by atoms with Crippen molar-refractivity contribution in [3.8, 4) is 28.8 Å². The highest BCUT2D eigenvalue weighted by Crippen LogP contribution is 2.29. The largest absolute Gasteiger partial charge is 0.497 e. The van der Waals surface area contributed by atoms with E-state index >= 15 is 0 Å².